The summed E-state index contributed by atoms with van der Waals surface area (Å²) in [5, 5.41) is 1.40. The third-order valence-corrected chi connectivity index (χ3v) is 4.60. The SMILES string of the molecule is C=[C-][Si](C)(C)c1ccccc1.[Li+]. The van der Waals surface area contributed by atoms with E-state index < -0.39 is 8.07 Å². The second kappa shape index (κ2) is 4.72. The molecule has 0 amide bonds. The molecular formula is C10H13LiSi. The molecule has 0 heterocycles. The first kappa shape index (κ1) is 11.8. The number of rotatable bonds is 2. The van der Waals surface area contributed by atoms with Crippen molar-refractivity contribution in [2.75, 3.05) is 0 Å². The quantitative estimate of drug-likeness (QED) is 0.398. The van der Waals surface area contributed by atoms with E-state index in [0.29, 0.717) is 0 Å². The summed E-state index contributed by atoms with van der Waals surface area (Å²) in [5.41, 5.74) is 3.15. The van der Waals surface area contributed by atoms with Crippen molar-refractivity contribution >= 4 is 13.3 Å². The van der Waals surface area contributed by atoms with Gasteiger partial charge in [-0.05, 0) is 0 Å². The molecule has 0 atom stereocenters. The van der Waals surface area contributed by atoms with Crippen molar-refractivity contribution in [2.24, 2.45) is 0 Å². The van der Waals surface area contributed by atoms with E-state index in [0.717, 1.165) is 0 Å². The van der Waals surface area contributed by atoms with Crippen LogP contribution in [-0.2, 0) is 0 Å². The molecule has 1 rings (SSSR count). The molecule has 2 heteroatoms. The van der Waals surface area contributed by atoms with Crippen LogP contribution in [0.15, 0.2) is 36.9 Å². The molecule has 58 valence electrons. The Morgan fingerprint density at radius 2 is 1.67 bits per heavy atom. The molecule has 0 N–H and O–H groups in total. The fraction of sp³-hybridized carbons (Fsp3) is 0.200. The average molecular weight is 168 g/mol. The van der Waals surface area contributed by atoms with Crippen LogP contribution in [0.25, 0.3) is 0 Å². The van der Waals surface area contributed by atoms with E-state index in [2.05, 4.69) is 49.6 Å². The van der Waals surface area contributed by atoms with Gasteiger partial charge in [0.05, 0.1) is 0 Å². The van der Waals surface area contributed by atoms with Crippen LogP contribution in [0, 0.1) is 5.70 Å². The van der Waals surface area contributed by atoms with E-state index in [1.807, 2.05) is 6.07 Å². The van der Waals surface area contributed by atoms with E-state index in [4.69, 9.17) is 0 Å². The predicted molar refractivity (Wildman–Crippen MR) is 52.4 cm³/mol. The van der Waals surface area contributed by atoms with Gasteiger partial charge >= 0.3 is 18.9 Å². The standard InChI is InChI=1S/C10H13Si.Li/c1-4-11(2,3)10-8-6-5-7-9-10;/h5-9H,1H2,2-3H3;/q-1;+1. The average Bonchev–Trinajstić information content (AvgIpc) is 2.06. The Morgan fingerprint density at radius 3 is 2.08 bits per heavy atom. The molecule has 0 bridgehead atoms. The van der Waals surface area contributed by atoms with Crippen LogP contribution in [0.3, 0.4) is 0 Å². The summed E-state index contributed by atoms with van der Waals surface area (Å²) >= 11 is 0. The number of benzene rings is 1. The van der Waals surface area contributed by atoms with Gasteiger partial charge in [-0.3, -0.25) is 6.58 Å². The molecule has 0 aliphatic heterocycles. The van der Waals surface area contributed by atoms with Crippen molar-refractivity contribution in [1.29, 1.82) is 0 Å². The Morgan fingerprint density at radius 1 is 1.17 bits per heavy atom. The zero-order valence-electron chi connectivity index (χ0n) is 8.09. The van der Waals surface area contributed by atoms with E-state index in [1.54, 1.807) is 0 Å². The fourth-order valence-corrected chi connectivity index (χ4v) is 2.19. The molecule has 0 aliphatic carbocycles. The number of hydrogen-bond donors (Lipinski definition) is 0. The molecule has 0 nitrogen and oxygen atoms in total. The van der Waals surface area contributed by atoms with Gasteiger partial charge in [-0.25, -0.2) is 0 Å². The van der Waals surface area contributed by atoms with Gasteiger partial charge in [0.1, 0.15) is 0 Å². The van der Waals surface area contributed by atoms with Gasteiger partial charge in [0, 0.05) is 0 Å². The van der Waals surface area contributed by atoms with Gasteiger partial charge in [-0.1, -0.05) is 56.7 Å². The van der Waals surface area contributed by atoms with E-state index >= 15 is 0 Å². The van der Waals surface area contributed by atoms with E-state index in [1.165, 1.54) is 5.19 Å². The van der Waals surface area contributed by atoms with Crippen LogP contribution < -0.4 is 24.0 Å². The summed E-state index contributed by atoms with van der Waals surface area (Å²) in [7, 11) is -1.41. The molecule has 0 unspecified atom stereocenters. The first-order chi connectivity index (χ1) is 5.17. The topological polar surface area (TPSA) is 0 Å². The smallest absolute Gasteiger partial charge is 0.500 e. The normalized spacial score (nSPS) is 10.2. The third-order valence-electron chi connectivity index (χ3n) is 1.94. The van der Waals surface area contributed by atoms with Crippen LogP contribution in [0.2, 0.25) is 13.1 Å². The summed E-state index contributed by atoms with van der Waals surface area (Å²) in [4.78, 5) is 0. The molecule has 1 aromatic carbocycles. The second-order valence-electron chi connectivity index (χ2n) is 3.17. The van der Waals surface area contributed by atoms with Gasteiger partial charge in [0.15, 0.2) is 0 Å². The molecular weight excluding hydrogens is 155 g/mol. The molecule has 0 aromatic heterocycles. The predicted octanol–water partition coefficient (Wildman–Crippen LogP) is -0.866. The molecule has 0 saturated heterocycles. The Balaban J connectivity index is 0.00000121. The van der Waals surface area contributed by atoms with Gasteiger partial charge in [-0.2, -0.15) is 0 Å². The van der Waals surface area contributed by atoms with Crippen LogP contribution in [0.4, 0.5) is 0 Å². The van der Waals surface area contributed by atoms with Crippen LogP contribution in [0.5, 0.6) is 0 Å². The van der Waals surface area contributed by atoms with Crippen LogP contribution >= 0.6 is 0 Å². The monoisotopic (exact) mass is 168 g/mol. The van der Waals surface area contributed by atoms with E-state index in [9.17, 15) is 0 Å². The third kappa shape index (κ3) is 2.67. The first-order valence-corrected chi connectivity index (χ1v) is 6.76. The van der Waals surface area contributed by atoms with Crippen molar-refractivity contribution in [2.45, 2.75) is 13.1 Å². The Bertz CT molecular complexity index is 241. The molecule has 1 aromatic rings. The summed E-state index contributed by atoms with van der Waals surface area (Å²) < 4.78 is 0. The zero-order valence-corrected chi connectivity index (χ0v) is 9.09. The Labute approximate surface area is 87.9 Å². The van der Waals surface area contributed by atoms with E-state index in [-0.39, 0.29) is 18.9 Å². The summed E-state index contributed by atoms with van der Waals surface area (Å²) in [6.45, 7) is 8.24. The first-order valence-electron chi connectivity index (χ1n) is 3.76. The van der Waals surface area contributed by atoms with Crippen molar-refractivity contribution in [1.82, 2.24) is 0 Å². The minimum Gasteiger partial charge on any atom is -0.500 e. The fourth-order valence-electron chi connectivity index (χ4n) is 0.957. The summed E-state index contributed by atoms with van der Waals surface area (Å²) in [6.07, 6.45) is 0. The van der Waals surface area contributed by atoms with Crippen molar-refractivity contribution in [3.63, 3.8) is 0 Å². The van der Waals surface area contributed by atoms with Gasteiger partial charge in [-0.15, -0.1) is 0 Å². The molecule has 0 spiro atoms. The maximum absolute atomic E-state index is 3.75. The molecule has 0 aliphatic rings. The molecule has 12 heavy (non-hydrogen) atoms. The summed E-state index contributed by atoms with van der Waals surface area (Å²) in [6, 6.07) is 10.5. The second-order valence-corrected chi connectivity index (χ2v) is 7.35. The van der Waals surface area contributed by atoms with Gasteiger partial charge in [0.2, 0.25) is 0 Å². The van der Waals surface area contributed by atoms with Crippen molar-refractivity contribution < 1.29 is 18.9 Å². The largest absolute Gasteiger partial charge is 1.00 e. The van der Waals surface area contributed by atoms with Crippen molar-refractivity contribution in [3.05, 3.63) is 42.6 Å². The summed E-state index contributed by atoms with van der Waals surface area (Å²) in [5.74, 6) is 0. The maximum Gasteiger partial charge on any atom is 1.00 e. The minimum absolute atomic E-state index is 0. The number of hydrogen-bond acceptors (Lipinski definition) is 0. The van der Waals surface area contributed by atoms with Gasteiger partial charge in [0.25, 0.3) is 0 Å². The minimum atomic E-state index is -1.41. The van der Waals surface area contributed by atoms with Crippen LogP contribution in [0.1, 0.15) is 0 Å². The molecule has 0 radical (unpaired) electrons. The Hall–Kier alpha value is -0.226. The molecule has 0 fully saturated rings. The van der Waals surface area contributed by atoms with Gasteiger partial charge < -0.3 is 5.70 Å². The zero-order chi connectivity index (χ0) is 8.32. The van der Waals surface area contributed by atoms with Crippen molar-refractivity contribution in [3.8, 4) is 0 Å². The molecule has 0 saturated carbocycles. The van der Waals surface area contributed by atoms with Crippen LogP contribution in [-0.4, -0.2) is 8.07 Å². The Kier molecular flexibility index (Phi) is 4.63. The maximum atomic E-state index is 3.75.